The van der Waals surface area contributed by atoms with Crippen molar-refractivity contribution >= 4 is 27.3 Å². The molecule has 0 amide bonds. The summed E-state index contributed by atoms with van der Waals surface area (Å²) in [7, 11) is 0. The summed E-state index contributed by atoms with van der Waals surface area (Å²) in [5.41, 5.74) is 0. The fourth-order valence-electron chi connectivity index (χ4n) is 2.17. The minimum atomic E-state index is 0.115. The summed E-state index contributed by atoms with van der Waals surface area (Å²) < 4.78 is 6.54. The number of aliphatic hydroxyl groups is 1. The molecule has 1 aliphatic heterocycles. The number of aliphatic hydroxyl groups excluding tert-OH is 1. The molecule has 6 heteroatoms. The Labute approximate surface area is 127 Å². The molecule has 0 atom stereocenters. The average molecular weight is 349 g/mol. The van der Waals surface area contributed by atoms with Crippen LogP contribution >= 0.6 is 27.3 Å². The van der Waals surface area contributed by atoms with Crippen molar-refractivity contribution in [3.8, 4) is 0 Å². The van der Waals surface area contributed by atoms with E-state index in [1.54, 1.807) is 0 Å². The van der Waals surface area contributed by atoms with Crippen LogP contribution in [0.25, 0.3) is 0 Å². The number of halogens is 1. The van der Waals surface area contributed by atoms with Crippen molar-refractivity contribution in [2.24, 2.45) is 0 Å². The van der Waals surface area contributed by atoms with E-state index in [-0.39, 0.29) is 6.61 Å². The monoisotopic (exact) mass is 348 g/mol. The first-order chi connectivity index (χ1) is 9.29. The molecule has 1 N–H and O–H groups in total. The van der Waals surface area contributed by atoms with E-state index in [9.17, 15) is 0 Å². The smallest absolute Gasteiger partial charge is 0.0698 e. The van der Waals surface area contributed by atoms with Crippen LogP contribution in [0.15, 0.2) is 15.9 Å². The van der Waals surface area contributed by atoms with Crippen LogP contribution < -0.4 is 0 Å². The lowest BCUT2D eigenvalue weighted by molar-refractivity contribution is 0.0565. The van der Waals surface area contributed by atoms with E-state index < -0.39 is 0 Å². The fourth-order valence-corrected chi connectivity index (χ4v) is 3.69. The molecule has 19 heavy (non-hydrogen) atoms. The Kier molecular flexibility index (Phi) is 6.76. The first-order valence-electron chi connectivity index (χ1n) is 6.65. The van der Waals surface area contributed by atoms with Crippen LogP contribution in [0.4, 0.5) is 0 Å². The van der Waals surface area contributed by atoms with E-state index in [1.165, 1.54) is 9.35 Å². The highest BCUT2D eigenvalue weighted by Gasteiger charge is 2.17. The van der Waals surface area contributed by atoms with Crippen molar-refractivity contribution in [1.29, 1.82) is 0 Å². The molecular formula is C13H21BrN2O2S. The first kappa shape index (κ1) is 15.4. The Bertz CT molecular complexity index is 367. The second-order valence-electron chi connectivity index (χ2n) is 4.65. The molecular weight excluding hydrogens is 328 g/mol. The fraction of sp³-hybridized carbons (Fsp3) is 0.692. The van der Waals surface area contributed by atoms with Crippen LogP contribution in [0.1, 0.15) is 4.88 Å². The number of piperazine rings is 1. The molecule has 108 valence electrons. The van der Waals surface area contributed by atoms with Crippen molar-refractivity contribution in [2.45, 2.75) is 6.54 Å². The van der Waals surface area contributed by atoms with Crippen molar-refractivity contribution in [2.75, 3.05) is 52.5 Å². The molecule has 1 aromatic heterocycles. The van der Waals surface area contributed by atoms with Gasteiger partial charge in [-0.05, 0) is 27.4 Å². The number of hydrogen-bond donors (Lipinski definition) is 1. The third-order valence-electron chi connectivity index (χ3n) is 3.31. The second-order valence-corrected chi connectivity index (χ2v) is 6.50. The molecule has 0 saturated carbocycles. The summed E-state index contributed by atoms with van der Waals surface area (Å²) >= 11 is 5.41. The molecule has 0 spiro atoms. The van der Waals surface area contributed by atoms with Crippen molar-refractivity contribution in [1.82, 2.24) is 9.80 Å². The third-order valence-corrected chi connectivity index (χ3v) is 5.22. The number of rotatable bonds is 7. The van der Waals surface area contributed by atoms with E-state index in [0.29, 0.717) is 6.61 Å². The van der Waals surface area contributed by atoms with E-state index in [1.807, 2.05) is 11.3 Å². The minimum Gasteiger partial charge on any atom is -0.394 e. The van der Waals surface area contributed by atoms with Gasteiger partial charge in [-0.15, -0.1) is 11.3 Å². The maximum Gasteiger partial charge on any atom is 0.0698 e. The van der Waals surface area contributed by atoms with Gasteiger partial charge in [0.05, 0.1) is 19.8 Å². The Balaban J connectivity index is 1.64. The van der Waals surface area contributed by atoms with Crippen LogP contribution in [-0.4, -0.2) is 67.5 Å². The molecule has 0 radical (unpaired) electrons. The van der Waals surface area contributed by atoms with Gasteiger partial charge in [-0.2, -0.15) is 0 Å². The SMILES string of the molecule is OCCOCCN1CCN(Cc2sccc2Br)CC1. The van der Waals surface area contributed by atoms with Gasteiger partial charge in [0.15, 0.2) is 0 Å². The van der Waals surface area contributed by atoms with Crippen molar-refractivity contribution in [3.05, 3.63) is 20.8 Å². The van der Waals surface area contributed by atoms with Gasteiger partial charge in [0.1, 0.15) is 0 Å². The van der Waals surface area contributed by atoms with E-state index >= 15 is 0 Å². The lowest BCUT2D eigenvalue weighted by atomic mass is 10.3. The maximum atomic E-state index is 8.63. The predicted octanol–water partition coefficient (Wildman–Crippen LogP) is 1.64. The molecule has 1 aromatic rings. The van der Waals surface area contributed by atoms with Crippen LogP contribution in [-0.2, 0) is 11.3 Å². The molecule has 4 nitrogen and oxygen atoms in total. The third kappa shape index (κ3) is 5.13. The van der Waals surface area contributed by atoms with Crippen LogP contribution in [0, 0.1) is 0 Å². The molecule has 1 fully saturated rings. The van der Waals surface area contributed by atoms with Gasteiger partial charge >= 0.3 is 0 Å². The maximum absolute atomic E-state index is 8.63. The zero-order valence-electron chi connectivity index (χ0n) is 11.1. The quantitative estimate of drug-likeness (QED) is 0.760. The number of ether oxygens (including phenoxy) is 1. The summed E-state index contributed by atoms with van der Waals surface area (Å²) in [6, 6.07) is 2.12. The summed E-state index contributed by atoms with van der Waals surface area (Å²) in [6.45, 7) is 7.74. The minimum absolute atomic E-state index is 0.115. The normalized spacial score (nSPS) is 18.0. The van der Waals surface area contributed by atoms with Crippen LogP contribution in [0.3, 0.4) is 0 Å². The lowest BCUT2D eigenvalue weighted by Crippen LogP contribution is -2.46. The molecule has 0 bridgehead atoms. The number of thiophene rings is 1. The zero-order chi connectivity index (χ0) is 13.5. The Hall–Kier alpha value is 0.0200. The van der Waals surface area contributed by atoms with Gasteiger partial charge in [-0.3, -0.25) is 9.80 Å². The largest absolute Gasteiger partial charge is 0.394 e. The van der Waals surface area contributed by atoms with Crippen LogP contribution in [0.5, 0.6) is 0 Å². The van der Waals surface area contributed by atoms with Crippen molar-refractivity contribution in [3.63, 3.8) is 0 Å². The summed E-state index contributed by atoms with van der Waals surface area (Å²) in [4.78, 5) is 6.35. The highest BCUT2D eigenvalue weighted by molar-refractivity contribution is 9.10. The molecule has 0 aliphatic carbocycles. The number of hydrogen-bond acceptors (Lipinski definition) is 5. The second kappa shape index (κ2) is 8.34. The zero-order valence-corrected chi connectivity index (χ0v) is 13.5. The topological polar surface area (TPSA) is 35.9 Å². The standard InChI is InChI=1S/C13H21BrN2O2S/c14-12-1-10-19-13(12)11-16-4-2-15(3-5-16)6-8-18-9-7-17/h1,10,17H,2-9,11H2. The summed E-state index contributed by atoms with van der Waals surface area (Å²) in [5.74, 6) is 0. The summed E-state index contributed by atoms with van der Waals surface area (Å²) in [5, 5.41) is 10.8. The molecule has 0 unspecified atom stereocenters. The highest BCUT2D eigenvalue weighted by Crippen LogP contribution is 2.24. The molecule has 1 saturated heterocycles. The molecule has 2 rings (SSSR count). The summed E-state index contributed by atoms with van der Waals surface area (Å²) in [6.07, 6.45) is 0. The first-order valence-corrected chi connectivity index (χ1v) is 8.32. The molecule has 1 aliphatic rings. The van der Waals surface area contributed by atoms with Gasteiger partial charge in [-0.25, -0.2) is 0 Å². The van der Waals surface area contributed by atoms with Gasteiger partial charge in [-0.1, -0.05) is 0 Å². The molecule has 0 aromatic carbocycles. The Morgan fingerprint density at radius 3 is 2.58 bits per heavy atom. The predicted molar refractivity (Wildman–Crippen MR) is 81.6 cm³/mol. The average Bonchev–Trinajstić information content (AvgIpc) is 2.82. The Morgan fingerprint density at radius 1 is 1.21 bits per heavy atom. The van der Waals surface area contributed by atoms with Crippen molar-refractivity contribution < 1.29 is 9.84 Å². The highest BCUT2D eigenvalue weighted by atomic mass is 79.9. The van der Waals surface area contributed by atoms with Gasteiger partial charge in [0, 0.05) is 48.6 Å². The molecule has 2 heterocycles. The van der Waals surface area contributed by atoms with E-state index in [4.69, 9.17) is 9.84 Å². The van der Waals surface area contributed by atoms with Gasteiger partial charge < -0.3 is 9.84 Å². The van der Waals surface area contributed by atoms with Gasteiger partial charge in [0.2, 0.25) is 0 Å². The Morgan fingerprint density at radius 2 is 1.95 bits per heavy atom. The lowest BCUT2D eigenvalue weighted by Gasteiger charge is -2.34. The van der Waals surface area contributed by atoms with Gasteiger partial charge in [0.25, 0.3) is 0 Å². The van der Waals surface area contributed by atoms with E-state index in [0.717, 1.165) is 45.9 Å². The van der Waals surface area contributed by atoms with E-state index in [2.05, 4.69) is 37.2 Å². The number of nitrogens with zero attached hydrogens (tertiary/aromatic N) is 2. The van der Waals surface area contributed by atoms with Crippen LogP contribution in [0.2, 0.25) is 0 Å².